The number of benzene rings is 2. The maximum absolute atomic E-state index is 12.1. The number of halogens is 1. The molecule has 2 atom stereocenters. The van der Waals surface area contributed by atoms with Gasteiger partial charge in [-0.2, -0.15) is 0 Å². The van der Waals surface area contributed by atoms with Crippen molar-refractivity contribution < 1.29 is 27.9 Å². The van der Waals surface area contributed by atoms with Gasteiger partial charge in [-0.15, -0.1) is 0 Å². The fourth-order valence-corrected chi connectivity index (χ4v) is 4.01. The molecule has 0 saturated carbocycles. The molecule has 2 amide bonds. The third-order valence-corrected chi connectivity index (χ3v) is 5.50. The Kier molecular flexibility index (Phi) is 8.18. The van der Waals surface area contributed by atoms with Crippen molar-refractivity contribution in [1.82, 2.24) is 4.72 Å². The first kappa shape index (κ1) is 24.4. The second-order valence-corrected chi connectivity index (χ2v) is 9.47. The van der Waals surface area contributed by atoms with E-state index in [9.17, 15) is 27.9 Å². The van der Waals surface area contributed by atoms with Gasteiger partial charge in [0, 0.05) is 17.9 Å². The van der Waals surface area contributed by atoms with Gasteiger partial charge in [-0.05, 0) is 41.2 Å². The Bertz CT molecular complexity index is 1070. The van der Waals surface area contributed by atoms with E-state index in [1.165, 1.54) is 0 Å². The number of hydrogen-bond acceptors (Lipinski definition) is 5. The summed E-state index contributed by atoms with van der Waals surface area (Å²) < 4.78 is 24.5. The number of amides is 2. The standard InChI is InChI=1S/C21H23ClN2O6S/c1-31(29,30)24-20(26)11-16(18(21(27)28)12-19(23)25)9-13-5-7-14(8-6-13)15-3-2-4-17(22)10-15/h2-8,10,16,18H,9,11-12H2,1H3,(H2,23,25)(H,24,26)(H,27,28)/t16-,18?/m1/s1. The largest absolute Gasteiger partial charge is 0.481 e. The van der Waals surface area contributed by atoms with Crippen molar-refractivity contribution in [3.63, 3.8) is 0 Å². The first-order valence-corrected chi connectivity index (χ1v) is 11.6. The van der Waals surface area contributed by atoms with Crippen LogP contribution < -0.4 is 10.5 Å². The summed E-state index contributed by atoms with van der Waals surface area (Å²) in [5, 5.41) is 10.2. The quantitative estimate of drug-likeness (QED) is 0.489. The van der Waals surface area contributed by atoms with E-state index in [1.54, 1.807) is 18.2 Å². The van der Waals surface area contributed by atoms with Crippen molar-refractivity contribution in [3.05, 3.63) is 59.1 Å². The van der Waals surface area contributed by atoms with Crippen molar-refractivity contribution in [2.24, 2.45) is 17.6 Å². The summed E-state index contributed by atoms with van der Waals surface area (Å²) in [6.45, 7) is 0. The van der Waals surface area contributed by atoms with Gasteiger partial charge in [-0.25, -0.2) is 8.42 Å². The van der Waals surface area contributed by atoms with Crippen LogP contribution in [0.3, 0.4) is 0 Å². The van der Waals surface area contributed by atoms with Crippen molar-refractivity contribution in [3.8, 4) is 11.1 Å². The number of hydrogen-bond donors (Lipinski definition) is 3. The van der Waals surface area contributed by atoms with Crippen molar-refractivity contribution in [1.29, 1.82) is 0 Å². The minimum absolute atomic E-state index is 0.136. The number of rotatable bonds is 10. The maximum Gasteiger partial charge on any atom is 0.307 e. The van der Waals surface area contributed by atoms with Gasteiger partial charge in [0.15, 0.2) is 0 Å². The summed E-state index contributed by atoms with van der Waals surface area (Å²) in [4.78, 5) is 35.2. The average molecular weight is 467 g/mol. The fraction of sp³-hybridized carbons (Fsp3) is 0.286. The van der Waals surface area contributed by atoms with Gasteiger partial charge in [-0.1, -0.05) is 48.0 Å². The predicted octanol–water partition coefficient (Wildman–Crippen LogP) is 2.21. The van der Waals surface area contributed by atoms with E-state index in [0.29, 0.717) is 5.02 Å². The molecule has 0 aliphatic rings. The van der Waals surface area contributed by atoms with Crippen LogP contribution in [0.1, 0.15) is 18.4 Å². The van der Waals surface area contributed by atoms with Crippen LogP contribution in [0, 0.1) is 11.8 Å². The molecule has 10 heteroatoms. The zero-order valence-corrected chi connectivity index (χ0v) is 18.3. The molecule has 8 nitrogen and oxygen atoms in total. The smallest absolute Gasteiger partial charge is 0.307 e. The molecule has 2 aromatic carbocycles. The molecule has 0 saturated heterocycles. The van der Waals surface area contributed by atoms with Crippen LogP contribution in [0.15, 0.2) is 48.5 Å². The molecule has 166 valence electrons. The Morgan fingerprint density at radius 1 is 1.06 bits per heavy atom. The molecule has 0 aliphatic carbocycles. The SMILES string of the molecule is CS(=O)(=O)NC(=O)C[C@@H](Cc1ccc(-c2cccc(Cl)c2)cc1)C(CC(N)=O)C(=O)O. The zero-order valence-electron chi connectivity index (χ0n) is 16.7. The topological polar surface area (TPSA) is 144 Å². The van der Waals surface area contributed by atoms with E-state index in [2.05, 4.69) is 0 Å². The van der Waals surface area contributed by atoms with E-state index in [-0.39, 0.29) is 6.42 Å². The summed E-state index contributed by atoms with van der Waals surface area (Å²) >= 11 is 6.02. The molecule has 1 unspecified atom stereocenters. The van der Waals surface area contributed by atoms with Gasteiger partial charge < -0.3 is 10.8 Å². The Hall–Kier alpha value is -2.91. The third kappa shape index (κ3) is 8.03. The van der Waals surface area contributed by atoms with E-state index in [0.717, 1.165) is 22.9 Å². The van der Waals surface area contributed by atoms with E-state index in [4.69, 9.17) is 17.3 Å². The molecule has 0 heterocycles. The number of sulfonamides is 1. The average Bonchev–Trinajstić information content (AvgIpc) is 2.64. The number of aliphatic carboxylic acids is 1. The first-order chi connectivity index (χ1) is 14.4. The van der Waals surface area contributed by atoms with Gasteiger partial charge in [0.2, 0.25) is 21.8 Å². The number of primary amides is 1. The Balaban J connectivity index is 2.27. The highest BCUT2D eigenvalue weighted by molar-refractivity contribution is 7.89. The minimum atomic E-state index is -3.80. The maximum atomic E-state index is 12.1. The van der Waals surface area contributed by atoms with Crippen LogP contribution >= 0.6 is 11.6 Å². The molecule has 0 fully saturated rings. The van der Waals surface area contributed by atoms with Crippen LogP contribution in [-0.2, 0) is 30.8 Å². The van der Waals surface area contributed by atoms with Crippen molar-refractivity contribution >= 4 is 39.4 Å². The van der Waals surface area contributed by atoms with Crippen LogP contribution in [0.25, 0.3) is 11.1 Å². The fourth-order valence-electron chi connectivity index (χ4n) is 3.32. The van der Waals surface area contributed by atoms with Crippen LogP contribution in [0.4, 0.5) is 0 Å². The second-order valence-electron chi connectivity index (χ2n) is 7.29. The number of carbonyl (C=O) groups excluding carboxylic acids is 2. The Labute approximate surface area is 185 Å². The van der Waals surface area contributed by atoms with Crippen molar-refractivity contribution in [2.75, 3.05) is 6.26 Å². The zero-order chi connectivity index (χ0) is 23.2. The number of carboxylic acids is 1. The number of carbonyl (C=O) groups is 3. The minimum Gasteiger partial charge on any atom is -0.481 e. The molecular formula is C21H23ClN2O6S. The highest BCUT2D eigenvalue weighted by Crippen LogP contribution is 2.27. The lowest BCUT2D eigenvalue weighted by Crippen LogP contribution is -2.36. The molecule has 0 spiro atoms. The predicted molar refractivity (Wildman–Crippen MR) is 117 cm³/mol. The number of carboxylic acid groups (broad SMARTS) is 1. The Morgan fingerprint density at radius 3 is 2.23 bits per heavy atom. The highest BCUT2D eigenvalue weighted by Gasteiger charge is 2.32. The normalized spacial score (nSPS) is 13.2. The van der Waals surface area contributed by atoms with Crippen LogP contribution in [0.2, 0.25) is 5.02 Å². The van der Waals surface area contributed by atoms with E-state index < -0.39 is 52.5 Å². The van der Waals surface area contributed by atoms with Gasteiger partial charge in [0.25, 0.3) is 0 Å². The highest BCUT2D eigenvalue weighted by atomic mass is 35.5. The van der Waals surface area contributed by atoms with Gasteiger partial charge >= 0.3 is 5.97 Å². The lowest BCUT2D eigenvalue weighted by atomic mass is 9.82. The lowest BCUT2D eigenvalue weighted by Gasteiger charge is -2.23. The molecule has 2 aromatic rings. The van der Waals surface area contributed by atoms with E-state index in [1.807, 2.05) is 35.1 Å². The van der Waals surface area contributed by atoms with Gasteiger partial charge in [0.05, 0.1) is 12.2 Å². The summed E-state index contributed by atoms with van der Waals surface area (Å²) in [6, 6.07) is 14.5. The third-order valence-electron chi connectivity index (χ3n) is 4.66. The summed E-state index contributed by atoms with van der Waals surface area (Å²) in [6.07, 6.45) is 0.101. The second kappa shape index (κ2) is 10.4. The summed E-state index contributed by atoms with van der Waals surface area (Å²) in [7, 11) is -3.80. The number of nitrogens with two attached hydrogens (primary N) is 1. The van der Waals surface area contributed by atoms with E-state index >= 15 is 0 Å². The molecule has 0 bridgehead atoms. The molecule has 0 aliphatic heterocycles. The van der Waals surface area contributed by atoms with Gasteiger partial charge in [-0.3, -0.25) is 19.1 Å². The summed E-state index contributed by atoms with van der Waals surface area (Å²) in [5.74, 6) is -5.04. The van der Waals surface area contributed by atoms with Crippen LogP contribution in [-0.4, -0.2) is 37.6 Å². The monoisotopic (exact) mass is 466 g/mol. The van der Waals surface area contributed by atoms with Gasteiger partial charge in [0.1, 0.15) is 0 Å². The molecule has 0 aromatic heterocycles. The lowest BCUT2D eigenvalue weighted by molar-refractivity contribution is -0.146. The molecule has 31 heavy (non-hydrogen) atoms. The Morgan fingerprint density at radius 2 is 1.71 bits per heavy atom. The summed E-state index contributed by atoms with van der Waals surface area (Å²) in [5.41, 5.74) is 7.70. The molecule has 0 radical (unpaired) electrons. The first-order valence-electron chi connectivity index (χ1n) is 9.31. The van der Waals surface area contributed by atoms with Crippen LogP contribution in [0.5, 0.6) is 0 Å². The number of nitrogens with one attached hydrogen (secondary N) is 1. The molecule has 4 N–H and O–H groups in total. The molecule has 2 rings (SSSR count). The van der Waals surface area contributed by atoms with Crippen molar-refractivity contribution in [2.45, 2.75) is 19.3 Å². The molecular weight excluding hydrogens is 444 g/mol.